The third-order valence-corrected chi connectivity index (χ3v) is 5.05. The second-order valence-electron chi connectivity index (χ2n) is 7.85. The molecule has 0 radical (unpaired) electrons. The van der Waals surface area contributed by atoms with Gasteiger partial charge in [-0.1, -0.05) is 24.3 Å². The van der Waals surface area contributed by atoms with E-state index in [2.05, 4.69) is 4.98 Å². The Morgan fingerprint density at radius 2 is 1.83 bits per heavy atom. The average Bonchev–Trinajstić information content (AvgIpc) is 2.67. The number of aryl methyl sites for hydroxylation is 1. The van der Waals surface area contributed by atoms with Gasteiger partial charge in [-0.3, -0.25) is 14.6 Å². The molecule has 0 bridgehead atoms. The Morgan fingerprint density at radius 3 is 2.55 bits per heavy atom. The Bertz CT molecular complexity index is 1090. The predicted octanol–water partition coefficient (Wildman–Crippen LogP) is 3.10. The number of fused-ring (bicyclic) bond motifs is 1. The van der Waals surface area contributed by atoms with Gasteiger partial charge in [0.05, 0.1) is 17.8 Å². The number of carbonyl (C=O) groups excluding carboxylic acids is 1. The Morgan fingerprint density at radius 1 is 1.10 bits per heavy atom. The fourth-order valence-electron chi connectivity index (χ4n) is 3.57. The topological polar surface area (TPSA) is 58.4 Å². The Balaban J connectivity index is 1.87. The van der Waals surface area contributed by atoms with E-state index in [0.717, 1.165) is 16.6 Å². The highest BCUT2D eigenvalue weighted by molar-refractivity contribution is 5.95. The third kappa shape index (κ3) is 4.54. The van der Waals surface area contributed by atoms with Crippen LogP contribution in [0, 0.1) is 6.92 Å². The molecule has 0 fully saturated rings. The van der Waals surface area contributed by atoms with E-state index in [1.54, 1.807) is 29.6 Å². The van der Waals surface area contributed by atoms with Crippen LogP contribution in [0.1, 0.15) is 34.6 Å². The van der Waals surface area contributed by atoms with Gasteiger partial charge in [0.25, 0.3) is 11.5 Å². The number of hydrogen-bond donors (Lipinski definition) is 0. The molecule has 0 aliphatic rings. The zero-order chi connectivity index (χ0) is 21.1. The lowest BCUT2D eigenvalue weighted by Crippen LogP contribution is -2.37. The highest BCUT2D eigenvalue weighted by atomic mass is 16.2. The molecule has 6 nitrogen and oxygen atoms in total. The van der Waals surface area contributed by atoms with Crippen molar-refractivity contribution in [2.75, 3.05) is 27.7 Å². The fraction of sp³-hybridized carbons (Fsp3) is 0.348. The van der Waals surface area contributed by atoms with Crippen LogP contribution >= 0.6 is 0 Å². The fourth-order valence-corrected chi connectivity index (χ4v) is 3.57. The Labute approximate surface area is 171 Å². The molecule has 3 rings (SSSR count). The monoisotopic (exact) mass is 392 g/mol. The van der Waals surface area contributed by atoms with Crippen LogP contribution in [-0.4, -0.2) is 52.9 Å². The smallest absolute Gasteiger partial charge is 0.263 e. The van der Waals surface area contributed by atoms with Crippen LogP contribution in [0.15, 0.2) is 53.5 Å². The Hall–Kier alpha value is -2.99. The van der Waals surface area contributed by atoms with Gasteiger partial charge >= 0.3 is 0 Å². The summed E-state index contributed by atoms with van der Waals surface area (Å²) in [4.78, 5) is 34.4. The molecule has 6 heteroatoms. The van der Waals surface area contributed by atoms with Crippen molar-refractivity contribution in [2.24, 2.45) is 0 Å². The quantitative estimate of drug-likeness (QED) is 0.647. The van der Waals surface area contributed by atoms with Gasteiger partial charge in [0.15, 0.2) is 0 Å². The Kier molecular flexibility index (Phi) is 6.13. The molecule has 0 spiro atoms. The van der Waals surface area contributed by atoms with Gasteiger partial charge in [0.1, 0.15) is 5.56 Å². The molecule has 0 N–H and O–H groups in total. The van der Waals surface area contributed by atoms with Crippen molar-refractivity contribution in [1.29, 1.82) is 0 Å². The molecule has 1 amide bonds. The van der Waals surface area contributed by atoms with Gasteiger partial charge in [0.2, 0.25) is 0 Å². The summed E-state index contributed by atoms with van der Waals surface area (Å²) in [7, 11) is 5.64. The molecule has 0 aliphatic carbocycles. The van der Waals surface area contributed by atoms with Crippen molar-refractivity contribution in [1.82, 2.24) is 19.4 Å². The minimum atomic E-state index is -0.283. The highest BCUT2D eigenvalue weighted by Crippen LogP contribution is 2.15. The van der Waals surface area contributed by atoms with Gasteiger partial charge in [-0.05, 0) is 51.7 Å². The molecular formula is C23H28N4O2. The van der Waals surface area contributed by atoms with E-state index in [-0.39, 0.29) is 23.1 Å². The number of para-hydroxylation sites is 1. The first-order chi connectivity index (χ1) is 13.8. The summed E-state index contributed by atoms with van der Waals surface area (Å²) in [6.07, 6.45) is 1.77. The van der Waals surface area contributed by atoms with Crippen molar-refractivity contribution in [2.45, 2.75) is 26.4 Å². The van der Waals surface area contributed by atoms with Crippen LogP contribution < -0.4 is 5.56 Å². The summed E-state index contributed by atoms with van der Waals surface area (Å²) in [5, 5.41) is 1.06. The third-order valence-electron chi connectivity index (χ3n) is 5.05. The minimum Gasteiger partial charge on any atom is -0.336 e. The number of hydrogen-bond acceptors (Lipinski definition) is 4. The van der Waals surface area contributed by atoms with E-state index in [1.165, 1.54) is 0 Å². The van der Waals surface area contributed by atoms with Crippen molar-refractivity contribution >= 4 is 16.8 Å². The average molecular weight is 393 g/mol. The number of pyridine rings is 2. The predicted molar refractivity (Wildman–Crippen MR) is 116 cm³/mol. The van der Waals surface area contributed by atoms with E-state index in [9.17, 15) is 9.59 Å². The number of aromatic nitrogens is 2. The molecule has 1 aromatic carbocycles. The number of rotatable bonds is 6. The summed E-state index contributed by atoms with van der Waals surface area (Å²) in [5.41, 5.74) is 2.34. The standard InChI is InChI=1S/C23H28N4O2/c1-16-12-13-27(17(2)14-25(3)4)23(29)21(16)22(28)26(5)15-19-11-10-18-8-6-7-9-20(18)24-19/h6-13,17H,14-15H2,1-5H3. The lowest BCUT2D eigenvalue weighted by molar-refractivity contribution is 0.0780. The summed E-state index contributed by atoms with van der Waals surface area (Å²) in [6.45, 7) is 4.84. The van der Waals surface area contributed by atoms with Crippen molar-refractivity contribution in [3.63, 3.8) is 0 Å². The summed E-state index contributed by atoms with van der Waals surface area (Å²) < 4.78 is 1.64. The zero-order valence-electron chi connectivity index (χ0n) is 17.7. The molecule has 152 valence electrons. The van der Waals surface area contributed by atoms with Crippen LogP contribution in [0.25, 0.3) is 10.9 Å². The van der Waals surface area contributed by atoms with Gasteiger partial charge in [-0.25, -0.2) is 0 Å². The van der Waals surface area contributed by atoms with E-state index >= 15 is 0 Å². The maximum Gasteiger partial charge on any atom is 0.263 e. The molecule has 0 saturated carbocycles. The zero-order valence-corrected chi connectivity index (χ0v) is 17.7. The summed E-state index contributed by atoms with van der Waals surface area (Å²) in [5.74, 6) is -0.283. The van der Waals surface area contributed by atoms with Crippen LogP contribution in [0.4, 0.5) is 0 Å². The van der Waals surface area contributed by atoms with Gasteiger partial charge in [-0.15, -0.1) is 0 Å². The number of carbonyl (C=O) groups is 1. The molecule has 0 aliphatic heterocycles. The lowest BCUT2D eigenvalue weighted by atomic mass is 10.1. The number of likely N-dealkylation sites (N-methyl/N-ethyl adjacent to an activating group) is 1. The van der Waals surface area contributed by atoms with Gasteiger partial charge < -0.3 is 14.4 Å². The van der Waals surface area contributed by atoms with Gasteiger partial charge in [0, 0.05) is 31.2 Å². The minimum absolute atomic E-state index is 0.0305. The maximum absolute atomic E-state index is 13.1. The number of amides is 1. The molecule has 2 aromatic heterocycles. The van der Waals surface area contributed by atoms with E-state index in [0.29, 0.717) is 18.7 Å². The van der Waals surface area contributed by atoms with Crippen molar-refractivity contribution in [3.05, 3.63) is 75.8 Å². The maximum atomic E-state index is 13.1. The number of nitrogens with zero attached hydrogens (tertiary/aromatic N) is 4. The summed E-state index contributed by atoms with van der Waals surface area (Å²) >= 11 is 0. The molecular weight excluding hydrogens is 364 g/mol. The van der Waals surface area contributed by atoms with E-state index in [4.69, 9.17) is 0 Å². The first-order valence-electron chi connectivity index (χ1n) is 9.74. The SMILES string of the molecule is Cc1ccn(C(C)CN(C)C)c(=O)c1C(=O)N(C)Cc1ccc2ccccc2n1. The molecule has 2 heterocycles. The van der Waals surface area contributed by atoms with E-state index in [1.807, 2.05) is 68.4 Å². The largest absolute Gasteiger partial charge is 0.336 e. The molecule has 1 atom stereocenters. The van der Waals surface area contributed by atoms with Crippen LogP contribution in [0.2, 0.25) is 0 Å². The van der Waals surface area contributed by atoms with Crippen molar-refractivity contribution < 1.29 is 4.79 Å². The molecule has 1 unspecified atom stereocenters. The highest BCUT2D eigenvalue weighted by Gasteiger charge is 2.21. The van der Waals surface area contributed by atoms with Crippen LogP contribution in [-0.2, 0) is 6.54 Å². The summed E-state index contributed by atoms with van der Waals surface area (Å²) in [6, 6.07) is 13.6. The van der Waals surface area contributed by atoms with Gasteiger partial charge in [-0.2, -0.15) is 0 Å². The number of benzene rings is 1. The molecule has 0 saturated heterocycles. The van der Waals surface area contributed by atoms with E-state index < -0.39 is 0 Å². The van der Waals surface area contributed by atoms with Crippen LogP contribution in [0.3, 0.4) is 0 Å². The second-order valence-corrected chi connectivity index (χ2v) is 7.85. The second kappa shape index (κ2) is 8.57. The first kappa shape index (κ1) is 20.7. The molecule has 3 aromatic rings. The lowest BCUT2D eigenvalue weighted by Gasteiger charge is -2.22. The van der Waals surface area contributed by atoms with Crippen molar-refractivity contribution in [3.8, 4) is 0 Å². The molecule has 29 heavy (non-hydrogen) atoms. The van der Waals surface area contributed by atoms with Crippen LogP contribution in [0.5, 0.6) is 0 Å². The first-order valence-corrected chi connectivity index (χ1v) is 9.74. The normalized spacial score (nSPS) is 12.3.